The van der Waals surface area contributed by atoms with Crippen molar-refractivity contribution in [2.75, 3.05) is 5.32 Å². The lowest BCUT2D eigenvalue weighted by atomic mass is 10.2. The molecule has 0 bridgehead atoms. The highest BCUT2D eigenvalue weighted by molar-refractivity contribution is 5.59. The molecule has 0 radical (unpaired) electrons. The van der Waals surface area contributed by atoms with E-state index in [-0.39, 0.29) is 23.9 Å². The Bertz CT molecular complexity index is 1260. The summed E-state index contributed by atoms with van der Waals surface area (Å²) < 4.78 is 52.5. The molecule has 0 unspecified atom stereocenters. The van der Waals surface area contributed by atoms with Crippen LogP contribution in [0.25, 0.3) is 11.4 Å². The Balaban J connectivity index is 1.40. The summed E-state index contributed by atoms with van der Waals surface area (Å²) in [4.78, 5) is 16.1. The van der Waals surface area contributed by atoms with Crippen LogP contribution >= 0.6 is 0 Å². The van der Waals surface area contributed by atoms with Crippen molar-refractivity contribution in [3.8, 4) is 11.4 Å². The zero-order chi connectivity index (χ0) is 23.3. The summed E-state index contributed by atoms with van der Waals surface area (Å²) in [6, 6.07) is 13.2. The van der Waals surface area contributed by atoms with E-state index in [1.165, 1.54) is 24.5 Å². The van der Waals surface area contributed by atoms with Crippen molar-refractivity contribution < 1.29 is 17.6 Å². The molecule has 0 saturated carbocycles. The number of hydrogen-bond acceptors (Lipinski definition) is 7. The number of rotatable bonds is 6. The summed E-state index contributed by atoms with van der Waals surface area (Å²) in [7, 11) is 0. The number of nitrogens with zero attached hydrogens (tertiary/aromatic N) is 6. The second-order valence-corrected chi connectivity index (χ2v) is 6.72. The van der Waals surface area contributed by atoms with Crippen LogP contribution in [0.4, 0.5) is 34.9 Å². The van der Waals surface area contributed by atoms with E-state index >= 15 is 0 Å². The molecule has 4 aromatic rings. The monoisotopic (exact) mass is 453 g/mol. The first-order valence-electron chi connectivity index (χ1n) is 9.59. The van der Waals surface area contributed by atoms with E-state index in [9.17, 15) is 17.6 Å². The van der Waals surface area contributed by atoms with E-state index in [2.05, 4.69) is 35.5 Å². The highest BCUT2D eigenvalue weighted by Gasteiger charge is 2.30. The second-order valence-electron chi connectivity index (χ2n) is 6.72. The molecule has 1 N–H and O–H groups in total. The van der Waals surface area contributed by atoms with Gasteiger partial charge >= 0.3 is 6.18 Å². The van der Waals surface area contributed by atoms with E-state index in [0.717, 1.165) is 18.3 Å². The van der Waals surface area contributed by atoms with E-state index in [1.807, 2.05) is 0 Å². The minimum Gasteiger partial charge on any atom is -0.354 e. The number of anilines is 2. The van der Waals surface area contributed by atoms with E-state index in [0.29, 0.717) is 17.1 Å². The normalized spacial score (nSPS) is 11.6. The third kappa shape index (κ3) is 5.70. The Morgan fingerprint density at radius 3 is 2.48 bits per heavy atom. The molecule has 0 aliphatic rings. The third-order valence-electron chi connectivity index (χ3n) is 4.34. The molecule has 3 heterocycles. The molecule has 0 amide bonds. The Labute approximate surface area is 185 Å². The molecule has 3 aromatic heterocycles. The van der Waals surface area contributed by atoms with Crippen molar-refractivity contribution in [3.05, 3.63) is 90.3 Å². The summed E-state index contributed by atoms with van der Waals surface area (Å²) in [5.74, 6) is -0.655. The van der Waals surface area contributed by atoms with Gasteiger partial charge in [0.25, 0.3) is 5.95 Å². The van der Waals surface area contributed by atoms with Gasteiger partial charge in [0, 0.05) is 11.9 Å². The molecule has 0 saturated heterocycles. The van der Waals surface area contributed by atoms with Gasteiger partial charge in [0.2, 0.25) is 0 Å². The summed E-state index contributed by atoms with van der Waals surface area (Å²) >= 11 is 0. The quantitative estimate of drug-likeness (QED) is 0.281. The molecule has 0 aliphatic carbocycles. The van der Waals surface area contributed by atoms with Crippen LogP contribution in [-0.2, 0) is 12.7 Å². The first kappa shape index (κ1) is 21.9. The summed E-state index contributed by atoms with van der Waals surface area (Å²) in [5.41, 5.74) is 0.974. The average molecular weight is 453 g/mol. The second kappa shape index (κ2) is 9.47. The number of benzene rings is 1. The van der Waals surface area contributed by atoms with Gasteiger partial charge in [-0.15, -0.1) is 5.11 Å². The molecule has 7 nitrogen and oxygen atoms in total. The van der Waals surface area contributed by atoms with Gasteiger partial charge in [0.05, 0.1) is 35.0 Å². The fourth-order valence-corrected chi connectivity index (χ4v) is 2.79. The fourth-order valence-electron chi connectivity index (χ4n) is 2.79. The maximum Gasteiger partial charge on any atom is 0.416 e. The molecule has 0 atom stereocenters. The van der Waals surface area contributed by atoms with Crippen molar-refractivity contribution in [2.24, 2.45) is 10.2 Å². The maximum absolute atomic E-state index is 14.0. The lowest BCUT2D eigenvalue weighted by Gasteiger charge is -2.10. The Kier molecular flexibility index (Phi) is 6.29. The van der Waals surface area contributed by atoms with Crippen molar-refractivity contribution in [3.63, 3.8) is 0 Å². The number of nitrogens with one attached hydrogen (secondary N) is 1. The highest BCUT2D eigenvalue weighted by atomic mass is 19.4. The van der Waals surface area contributed by atoms with Gasteiger partial charge in [0.15, 0.2) is 5.82 Å². The lowest BCUT2D eigenvalue weighted by Crippen LogP contribution is -2.05. The number of halogens is 4. The number of hydrogen-bond donors (Lipinski definition) is 1. The standard InChI is InChI=1S/C22H15F4N7/c23-18-13-29-21(32-20(18)19-6-1-2-9-27-19)33-30-12-16-7-8-17(11-28-16)31-15-5-3-4-14(10-15)22(24,25)26/h1-11,13,31H,12H2. The van der Waals surface area contributed by atoms with Gasteiger partial charge in [-0.05, 0) is 42.5 Å². The first-order chi connectivity index (χ1) is 15.9. The van der Waals surface area contributed by atoms with Gasteiger partial charge in [-0.25, -0.2) is 14.4 Å². The first-order valence-corrected chi connectivity index (χ1v) is 9.59. The van der Waals surface area contributed by atoms with Crippen LogP contribution in [0.5, 0.6) is 0 Å². The molecular weight excluding hydrogens is 438 g/mol. The number of alkyl halides is 3. The highest BCUT2D eigenvalue weighted by Crippen LogP contribution is 2.31. The van der Waals surface area contributed by atoms with Crippen molar-refractivity contribution >= 4 is 17.3 Å². The molecule has 4 rings (SSSR count). The molecular formula is C22H15F4N7. The van der Waals surface area contributed by atoms with Gasteiger partial charge in [-0.3, -0.25) is 9.97 Å². The van der Waals surface area contributed by atoms with E-state index in [4.69, 9.17) is 0 Å². The zero-order valence-electron chi connectivity index (χ0n) is 16.8. The fraction of sp³-hybridized carbons (Fsp3) is 0.0909. The smallest absolute Gasteiger partial charge is 0.354 e. The topological polar surface area (TPSA) is 88.3 Å². The third-order valence-corrected chi connectivity index (χ3v) is 4.34. The van der Waals surface area contributed by atoms with Crippen LogP contribution in [-0.4, -0.2) is 19.9 Å². The molecule has 0 spiro atoms. The van der Waals surface area contributed by atoms with Crippen molar-refractivity contribution in [2.45, 2.75) is 12.7 Å². The summed E-state index contributed by atoms with van der Waals surface area (Å²) in [6.07, 6.45) is -0.427. The minimum atomic E-state index is -4.42. The van der Waals surface area contributed by atoms with Gasteiger partial charge in [0.1, 0.15) is 12.2 Å². The summed E-state index contributed by atoms with van der Waals surface area (Å²) in [5, 5.41) is 10.8. The molecule has 166 valence electrons. The van der Waals surface area contributed by atoms with E-state index < -0.39 is 17.6 Å². The van der Waals surface area contributed by atoms with Crippen LogP contribution in [0.15, 0.2) is 83.4 Å². The van der Waals surface area contributed by atoms with Crippen LogP contribution in [0.2, 0.25) is 0 Å². The summed E-state index contributed by atoms with van der Waals surface area (Å²) in [6.45, 7) is 0.101. The molecule has 33 heavy (non-hydrogen) atoms. The van der Waals surface area contributed by atoms with E-state index in [1.54, 1.807) is 30.3 Å². The van der Waals surface area contributed by atoms with Crippen LogP contribution in [0, 0.1) is 5.82 Å². The van der Waals surface area contributed by atoms with Crippen LogP contribution in [0.3, 0.4) is 0 Å². The zero-order valence-corrected chi connectivity index (χ0v) is 16.8. The number of pyridine rings is 2. The van der Waals surface area contributed by atoms with Gasteiger partial charge in [-0.1, -0.05) is 12.1 Å². The molecule has 11 heteroatoms. The lowest BCUT2D eigenvalue weighted by molar-refractivity contribution is -0.137. The average Bonchev–Trinajstić information content (AvgIpc) is 2.81. The predicted molar refractivity (Wildman–Crippen MR) is 112 cm³/mol. The number of azo groups is 1. The van der Waals surface area contributed by atoms with Crippen LogP contribution in [0.1, 0.15) is 11.3 Å². The molecule has 1 aromatic carbocycles. The van der Waals surface area contributed by atoms with Crippen molar-refractivity contribution in [1.82, 2.24) is 19.9 Å². The van der Waals surface area contributed by atoms with Gasteiger partial charge < -0.3 is 5.32 Å². The van der Waals surface area contributed by atoms with Crippen LogP contribution < -0.4 is 5.32 Å². The van der Waals surface area contributed by atoms with Gasteiger partial charge in [-0.2, -0.15) is 18.3 Å². The minimum absolute atomic E-state index is 0.0164. The Hall–Kier alpha value is -4.28. The molecule has 0 aliphatic heterocycles. The number of aromatic nitrogens is 4. The SMILES string of the molecule is Fc1cnc(N=NCc2ccc(Nc3cccc(C(F)(F)F)c3)cn2)nc1-c1ccccn1. The van der Waals surface area contributed by atoms with Crippen molar-refractivity contribution in [1.29, 1.82) is 0 Å². The maximum atomic E-state index is 14.0. The molecule has 0 fully saturated rings. The Morgan fingerprint density at radius 2 is 1.76 bits per heavy atom. The Morgan fingerprint density at radius 1 is 0.879 bits per heavy atom. The largest absolute Gasteiger partial charge is 0.416 e. The predicted octanol–water partition coefficient (Wildman–Crippen LogP) is 6.12.